The number of ether oxygens (including phenoxy) is 1. The van der Waals surface area contributed by atoms with Crippen LogP contribution in [0.1, 0.15) is 18.5 Å². The molecule has 1 aromatic rings. The van der Waals surface area contributed by atoms with Gasteiger partial charge in [0.1, 0.15) is 0 Å². The third kappa shape index (κ3) is 2.58. The molecule has 0 spiro atoms. The van der Waals surface area contributed by atoms with E-state index in [2.05, 4.69) is 15.3 Å². The van der Waals surface area contributed by atoms with Crippen molar-refractivity contribution in [3.63, 3.8) is 0 Å². The lowest BCUT2D eigenvalue weighted by atomic mass is 10.2. The largest absolute Gasteiger partial charge is 0.374 e. The van der Waals surface area contributed by atoms with Gasteiger partial charge < -0.3 is 10.1 Å². The molecule has 0 amide bonds. The van der Waals surface area contributed by atoms with Gasteiger partial charge in [0.2, 0.25) is 0 Å². The zero-order valence-corrected chi connectivity index (χ0v) is 11.0. The van der Waals surface area contributed by atoms with Gasteiger partial charge in [-0.3, -0.25) is 9.58 Å². The highest BCUT2D eigenvalue weighted by Crippen LogP contribution is 2.22. The van der Waals surface area contributed by atoms with Crippen LogP contribution in [0.5, 0.6) is 0 Å². The Morgan fingerprint density at radius 1 is 1.56 bits per heavy atom. The molecule has 0 aromatic carbocycles. The van der Waals surface area contributed by atoms with Crippen molar-refractivity contribution >= 4 is 0 Å². The molecule has 2 unspecified atom stereocenters. The minimum absolute atomic E-state index is 0.340. The topological polar surface area (TPSA) is 42.3 Å². The Labute approximate surface area is 108 Å². The molecule has 2 aliphatic heterocycles. The second-order valence-electron chi connectivity index (χ2n) is 5.32. The lowest BCUT2D eigenvalue weighted by Gasteiger charge is -2.35. The summed E-state index contributed by atoms with van der Waals surface area (Å²) >= 11 is 0. The molecule has 2 saturated heterocycles. The molecule has 0 radical (unpaired) electrons. The van der Waals surface area contributed by atoms with Crippen molar-refractivity contribution in [1.82, 2.24) is 20.0 Å². The summed E-state index contributed by atoms with van der Waals surface area (Å²) in [5, 5.41) is 7.63. The molecule has 5 heteroatoms. The van der Waals surface area contributed by atoms with Crippen LogP contribution in [0.15, 0.2) is 12.3 Å². The summed E-state index contributed by atoms with van der Waals surface area (Å²) < 4.78 is 7.82. The standard InChI is InChI=1S/C13H22N4O/c1-16-11(4-5-15-16)7-14-8-13-9-17-6-2-3-12(17)10-18-13/h4-5,12-14H,2-3,6-10H2,1H3. The smallest absolute Gasteiger partial charge is 0.0827 e. The van der Waals surface area contributed by atoms with Gasteiger partial charge in [-0.05, 0) is 25.5 Å². The van der Waals surface area contributed by atoms with E-state index in [1.165, 1.54) is 25.1 Å². The van der Waals surface area contributed by atoms with Crippen LogP contribution in [0.4, 0.5) is 0 Å². The predicted molar refractivity (Wildman–Crippen MR) is 69.2 cm³/mol. The third-order valence-corrected chi connectivity index (χ3v) is 4.06. The Morgan fingerprint density at radius 2 is 2.50 bits per heavy atom. The number of morpholine rings is 1. The fourth-order valence-electron chi connectivity index (χ4n) is 2.95. The molecule has 1 N–H and O–H groups in total. The van der Waals surface area contributed by atoms with Crippen LogP contribution in [0.2, 0.25) is 0 Å². The average Bonchev–Trinajstić information content (AvgIpc) is 2.98. The minimum atomic E-state index is 0.340. The highest BCUT2D eigenvalue weighted by Gasteiger charge is 2.31. The summed E-state index contributed by atoms with van der Waals surface area (Å²) in [7, 11) is 1.98. The first-order valence-corrected chi connectivity index (χ1v) is 6.86. The lowest BCUT2D eigenvalue weighted by Crippen LogP contribution is -2.49. The zero-order chi connectivity index (χ0) is 12.4. The van der Waals surface area contributed by atoms with E-state index in [1.54, 1.807) is 0 Å². The van der Waals surface area contributed by atoms with Crippen molar-refractivity contribution in [1.29, 1.82) is 0 Å². The monoisotopic (exact) mass is 250 g/mol. The zero-order valence-electron chi connectivity index (χ0n) is 11.0. The number of rotatable bonds is 4. The number of fused-ring (bicyclic) bond motifs is 1. The number of hydrogen-bond acceptors (Lipinski definition) is 4. The van der Waals surface area contributed by atoms with Crippen molar-refractivity contribution in [2.24, 2.45) is 7.05 Å². The van der Waals surface area contributed by atoms with Crippen LogP contribution in [0.3, 0.4) is 0 Å². The fraction of sp³-hybridized carbons (Fsp3) is 0.769. The molecule has 0 bridgehead atoms. The second kappa shape index (κ2) is 5.38. The Morgan fingerprint density at radius 3 is 3.33 bits per heavy atom. The van der Waals surface area contributed by atoms with Crippen LogP contribution < -0.4 is 5.32 Å². The quantitative estimate of drug-likeness (QED) is 0.838. The van der Waals surface area contributed by atoms with E-state index >= 15 is 0 Å². The molecular formula is C13H22N4O. The first-order valence-electron chi connectivity index (χ1n) is 6.86. The SMILES string of the molecule is Cn1nccc1CNCC1CN2CCCC2CO1. The molecule has 100 valence electrons. The average molecular weight is 250 g/mol. The fourth-order valence-corrected chi connectivity index (χ4v) is 2.95. The maximum Gasteiger partial charge on any atom is 0.0827 e. The van der Waals surface area contributed by atoms with E-state index in [1.807, 2.05) is 24.0 Å². The van der Waals surface area contributed by atoms with Gasteiger partial charge in [-0.25, -0.2) is 0 Å². The summed E-state index contributed by atoms with van der Waals surface area (Å²) in [6, 6.07) is 2.74. The molecule has 1 aromatic heterocycles. The Hall–Kier alpha value is -0.910. The molecule has 2 atom stereocenters. The van der Waals surface area contributed by atoms with Crippen molar-refractivity contribution in [3.05, 3.63) is 18.0 Å². The molecule has 3 rings (SSSR count). The van der Waals surface area contributed by atoms with Crippen LogP contribution in [0.25, 0.3) is 0 Å². The molecule has 2 aliphatic rings. The molecule has 18 heavy (non-hydrogen) atoms. The van der Waals surface area contributed by atoms with Gasteiger partial charge in [0, 0.05) is 38.9 Å². The van der Waals surface area contributed by atoms with Crippen LogP contribution in [-0.4, -0.2) is 53.1 Å². The molecule has 0 saturated carbocycles. The van der Waals surface area contributed by atoms with Gasteiger partial charge in [0.05, 0.1) is 18.4 Å². The Bertz CT molecular complexity index is 392. The number of nitrogens with one attached hydrogen (secondary N) is 1. The first-order chi connectivity index (χ1) is 8.83. The number of aryl methyl sites for hydroxylation is 1. The van der Waals surface area contributed by atoms with E-state index in [9.17, 15) is 0 Å². The number of aromatic nitrogens is 2. The normalized spacial score (nSPS) is 28.5. The Kier molecular flexibility index (Phi) is 3.63. The summed E-state index contributed by atoms with van der Waals surface area (Å²) in [6.45, 7) is 5.04. The van der Waals surface area contributed by atoms with Crippen molar-refractivity contribution in [2.45, 2.75) is 31.5 Å². The second-order valence-corrected chi connectivity index (χ2v) is 5.32. The van der Waals surface area contributed by atoms with Gasteiger partial charge in [-0.2, -0.15) is 5.10 Å². The van der Waals surface area contributed by atoms with E-state index in [-0.39, 0.29) is 0 Å². The van der Waals surface area contributed by atoms with Crippen LogP contribution in [-0.2, 0) is 18.3 Å². The molecule has 2 fully saturated rings. The van der Waals surface area contributed by atoms with E-state index < -0.39 is 0 Å². The molecule has 0 aliphatic carbocycles. The lowest BCUT2D eigenvalue weighted by molar-refractivity contribution is -0.0470. The summed E-state index contributed by atoms with van der Waals surface area (Å²) in [6.07, 6.45) is 4.83. The molecule has 5 nitrogen and oxygen atoms in total. The van der Waals surface area contributed by atoms with Gasteiger partial charge in [-0.15, -0.1) is 0 Å². The van der Waals surface area contributed by atoms with E-state index in [4.69, 9.17) is 4.74 Å². The highest BCUT2D eigenvalue weighted by molar-refractivity contribution is 4.99. The van der Waals surface area contributed by atoms with Gasteiger partial charge in [-0.1, -0.05) is 0 Å². The van der Waals surface area contributed by atoms with E-state index in [0.29, 0.717) is 12.1 Å². The van der Waals surface area contributed by atoms with Crippen molar-refractivity contribution < 1.29 is 4.74 Å². The van der Waals surface area contributed by atoms with Gasteiger partial charge >= 0.3 is 0 Å². The summed E-state index contributed by atoms with van der Waals surface area (Å²) in [5.74, 6) is 0. The maximum absolute atomic E-state index is 5.91. The minimum Gasteiger partial charge on any atom is -0.374 e. The third-order valence-electron chi connectivity index (χ3n) is 4.06. The number of hydrogen-bond donors (Lipinski definition) is 1. The molecular weight excluding hydrogens is 228 g/mol. The van der Waals surface area contributed by atoms with Gasteiger partial charge in [0.15, 0.2) is 0 Å². The highest BCUT2D eigenvalue weighted by atomic mass is 16.5. The van der Waals surface area contributed by atoms with Crippen LogP contribution >= 0.6 is 0 Å². The van der Waals surface area contributed by atoms with Crippen molar-refractivity contribution in [3.8, 4) is 0 Å². The predicted octanol–water partition coefficient (Wildman–Crippen LogP) is 0.373. The summed E-state index contributed by atoms with van der Waals surface area (Å²) in [4.78, 5) is 2.58. The van der Waals surface area contributed by atoms with Crippen molar-refractivity contribution in [2.75, 3.05) is 26.2 Å². The maximum atomic E-state index is 5.91. The summed E-state index contributed by atoms with van der Waals surface area (Å²) in [5.41, 5.74) is 1.21. The first kappa shape index (κ1) is 12.1. The molecule has 3 heterocycles. The van der Waals surface area contributed by atoms with Crippen LogP contribution in [0, 0.1) is 0 Å². The Balaban J connectivity index is 1.42. The van der Waals surface area contributed by atoms with Gasteiger partial charge in [0.25, 0.3) is 0 Å². The van der Waals surface area contributed by atoms with E-state index in [0.717, 1.165) is 26.2 Å². The number of nitrogens with zero attached hydrogens (tertiary/aromatic N) is 3.